The number of hydrogen-bond donors (Lipinski definition) is 1. The minimum absolute atomic E-state index is 0.0619. The second kappa shape index (κ2) is 4.23. The van der Waals surface area contributed by atoms with E-state index >= 15 is 0 Å². The van der Waals surface area contributed by atoms with Crippen LogP contribution in [0.3, 0.4) is 0 Å². The summed E-state index contributed by atoms with van der Waals surface area (Å²) in [6.45, 7) is 0. The average molecular weight is 191 g/mol. The number of nitrogen functional groups attached to an aromatic ring is 1. The first-order valence-corrected chi connectivity index (χ1v) is 3.88. The Balaban J connectivity index is 2.88. The number of esters is 1. The van der Waals surface area contributed by atoms with E-state index in [0.717, 1.165) is 0 Å². The Kier molecular flexibility index (Phi) is 3.02. The molecule has 0 aliphatic heterocycles. The molecule has 1 aromatic heterocycles. The van der Waals surface area contributed by atoms with Crippen molar-refractivity contribution in [3.63, 3.8) is 0 Å². The van der Waals surface area contributed by atoms with Crippen LogP contribution in [0.25, 0.3) is 0 Å². The predicted octanol–water partition coefficient (Wildman–Crippen LogP) is 0.251. The molecule has 1 aromatic rings. The summed E-state index contributed by atoms with van der Waals surface area (Å²) in [6, 6.07) is 3.38. The Bertz CT molecular complexity index is 396. The Labute approximate surface area is 81.1 Å². The molecule has 0 spiro atoms. The van der Waals surface area contributed by atoms with Gasteiger partial charge in [0.15, 0.2) is 0 Å². The van der Waals surface area contributed by atoms with Crippen molar-refractivity contribution in [2.45, 2.75) is 6.42 Å². The lowest BCUT2D eigenvalue weighted by Gasteiger charge is -2.01. The monoisotopic (exact) mass is 191 g/mol. The lowest BCUT2D eigenvalue weighted by Crippen LogP contribution is -2.07. The van der Waals surface area contributed by atoms with Crippen LogP contribution in [0.15, 0.2) is 12.3 Å². The van der Waals surface area contributed by atoms with Crippen LogP contribution in [0, 0.1) is 11.3 Å². The molecule has 72 valence electrons. The Hall–Kier alpha value is -2.09. The first-order valence-electron chi connectivity index (χ1n) is 3.88. The van der Waals surface area contributed by atoms with E-state index in [0.29, 0.717) is 16.9 Å². The van der Waals surface area contributed by atoms with Crippen LogP contribution in [0.2, 0.25) is 0 Å². The molecule has 0 aromatic carbocycles. The first kappa shape index (κ1) is 9.99. The SMILES string of the molecule is COC(=O)Cc1cc(N)c(C#N)cn1. The number of nitrogens with two attached hydrogens (primary N) is 1. The molecule has 2 N–H and O–H groups in total. The van der Waals surface area contributed by atoms with Gasteiger partial charge in [0.25, 0.3) is 0 Å². The topological polar surface area (TPSA) is 89.0 Å². The van der Waals surface area contributed by atoms with Crippen LogP contribution >= 0.6 is 0 Å². The molecular weight excluding hydrogens is 182 g/mol. The summed E-state index contributed by atoms with van der Waals surface area (Å²) in [7, 11) is 1.30. The highest BCUT2D eigenvalue weighted by Gasteiger charge is 2.06. The molecule has 1 heterocycles. The highest BCUT2D eigenvalue weighted by Crippen LogP contribution is 2.10. The molecule has 0 aliphatic rings. The Morgan fingerprint density at radius 1 is 1.79 bits per heavy atom. The van der Waals surface area contributed by atoms with Gasteiger partial charge < -0.3 is 10.5 Å². The number of nitriles is 1. The summed E-state index contributed by atoms with van der Waals surface area (Å²) in [4.78, 5) is 14.8. The van der Waals surface area contributed by atoms with Crippen molar-refractivity contribution in [3.05, 3.63) is 23.5 Å². The average Bonchev–Trinajstić information content (AvgIpc) is 2.18. The van der Waals surface area contributed by atoms with Crippen LogP contribution in [0.5, 0.6) is 0 Å². The number of nitrogens with zero attached hydrogens (tertiary/aromatic N) is 2. The lowest BCUT2D eigenvalue weighted by molar-refractivity contribution is -0.139. The smallest absolute Gasteiger partial charge is 0.311 e. The fourth-order valence-corrected chi connectivity index (χ4v) is 0.927. The van der Waals surface area contributed by atoms with Gasteiger partial charge in [0, 0.05) is 6.20 Å². The summed E-state index contributed by atoms with van der Waals surface area (Å²) < 4.78 is 4.47. The van der Waals surface area contributed by atoms with Crippen molar-refractivity contribution in [2.24, 2.45) is 0 Å². The quantitative estimate of drug-likeness (QED) is 0.677. The van der Waals surface area contributed by atoms with E-state index in [4.69, 9.17) is 11.0 Å². The van der Waals surface area contributed by atoms with Crippen LogP contribution in [0.4, 0.5) is 5.69 Å². The molecule has 0 atom stereocenters. The van der Waals surface area contributed by atoms with Gasteiger partial charge in [-0.25, -0.2) is 0 Å². The number of hydrogen-bond acceptors (Lipinski definition) is 5. The van der Waals surface area contributed by atoms with Crippen molar-refractivity contribution in [1.29, 1.82) is 5.26 Å². The number of anilines is 1. The standard InChI is InChI=1S/C9H9N3O2/c1-14-9(13)3-7-2-8(11)6(4-10)5-12-7/h2,5H,3H2,1H3,(H2,11,12). The van der Waals surface area contributed by atoms with E-state index in [1.165, 1.54) is 19.4 Å². The van der Waals surface area contributed by atoms with E-state index in [-0.39, 0.29) is 12.4 Å². The zero-order valence-corrected chi connectivity index (χ0v) is 7.65. The van der Waals surface area contributed by atoms with Gasteiger partial charge >= 0.3 is 5.97 Å². The zero-order chi connectivity index (χ0) is 10.6. The van der Waals surface area contributed by atoms with Gasteiger partial charge in [-0.2, -0.15) is 5.26 Å². The fourth-order valence-electron chi connectivity index (χ4n) is 0.927. The molecule has 0 saturated heterocycles. The lowest BCUT2D eigenvalue weighted by atomic mass is 10.2. The molecule has 5 heteroatoms. The summed E-state index contributed by atoms with van der Waals surface area (Å²) in [5.41, 5.74) is 6.65. The van der Waals surface area contributed by atoms with Gasteiger partial charge in [-0.3, -0.25) is 9.78 Å². The highest BCUT2D eigenvalue weighted by atomic mass is 16.5. The van der Waals surface area contributed by atoms with E-state index in [1.807, 2.05) is 6.07 Å². The second-order valence-corrected chi connectivity index (χ2v) is 2.63. The zero-order valence-electron chi connectivity index (χ0n) is 7.65. The third-order valence-corrected chi connectivity index (χ3v) is 1.67. The number of rotatable bonds is 2. The van der Waals surface area contributed by atoms with Gasteiger partial charge in [0.2, 0.25) is 0 Å². The third kappa shape index (κ3) is 2.20. The Morgan fingerprint density at radius 3 is 3.00 bits per heavy atom. The molecule has 0 bridgehead atoms. The summed E-state index contributed by atoms with van der Waals surface area (Å²) >= 11 is 0. The first-order chi connectivity index (χ1) is 6.67. The summed E-state index contributed by atoms with van der Waals surface area (Å²) in [6.07, 6.45) is 1.40. The van der Waals surface area contributed by atoms with Crippen LogP contribution in [0.1, 0.15) is 11.3 Å². The minimum Gasteiger partial charge on any atom is -0.469 e. The van der Waals surface area contributed by atoms with Gasteiger partial charge in [-0.15, -0.1) is 0 Å². The van der Waals surface area contributed by atoms with Crippen LogP contribution < -0.4 is 5.73 Å². The molecule has 0 aliphatic carbocycles. The number of carbonyl (C=O) groups excluding carboxylic acids is 1. The summed E-state index contributed by atoms with van der Waals surface area (Å²) in [5.74, 6) is -0.387. The van der Waals surface area contributed by atoms with E-state index in [2.05, 4.69) is 9.72 Å². The number of aromatic nitrogens is 1. The van der Waals surface area contributed by atoms with Crippen molar-refractivity contribution in [2.75, 3.05) is 12.8 Å². The molecule has 0 fully saturated rings. The summed E-state index contributed by atoms with van der Waals surface area (Å²) in [5, 5.41) is 8.58. The molecule has 14 heavy (non-hydrogen) atoms. The van der Waals surface area contributed by atoms with Gasteiger partial charge in [-0.05, 0) is 6.07 Å². The largest absolute Gasteiger partial charge is 0.469 e. The fraction of sp³-hybridized carbons (Fsp3) is 0.222. The van der Waals surface area contributed by atoms with E-state index in [1.54, 1.807) is 0 Å². The highest BCUT2D eigenvalue weighted by molar-refractivity contribution is 5.72. The van der Waals surface area contributed by atoms with E-state index in [9.17, 15) is 4.79 Å². The third-order valence-electron chi connectivity index (χ3n) is 1.67. The maximum atomic E-state index is 10.9. The molecule has 0 radical (unpaired) electrons. The minimum atomic E-state index is -0.387. The molecule has 0 amide bonds. The van der Waals surface area contributed by atoms with Crippen molar-refractivity contribution in [3.8, 4) is 6.07 Å². The van der Waals surface area contributed by atoms with Crippen molar-refractivity contribution >= 4 is 11.7 Å². The molecule has 5 nitrogen and oxygen atoms in total. The second-order valence-electron chi connectivity index (χ2n) is 2.63. The van der Waals surface area contributed by atoms with Gasteiger partial charge in [0.1, 0.15) is 6.07 Å². The normalized spacial score (nSPS) is 9.14. The predicted molar refractivity (Wildman–Crippen MR) is 49.1 cm³/mol. The van der Waals surface area contributed by atoms with Crippen LogP contribution in [-0.4, -0.2) is 18.1 Å². The van der Waals surface area contributed by atoms with Gasteiger partial charge in [-0.1, -0.05) is 0 Å². The molecular formula is C9H9N3O2. The van der Waals surface area contributed by atoms with Crippen molar-refractivity contribution < 1.29 is 9.53 Å². The maximum absolute atomic E-state index is 10.9. The molecule has 1 rings (SSSR count). The number of pyridine rings is 1. The number of carbonyl (C=O) groups is 1. The number of methoxy groups -OCH3 is 1. The van der Waals surface area contributed by atoms with E-state index < -0.39 is 0 Å². The van der Waals surface area contributed by atoms with Crippen LogP contribution in [-0.2, 0) is 16.0 Å². The van der Waals surface area contributed by atoms with Crippen molar-refractivity contribution in [1.82, 2.24) is 4.98 Å². The molecule has 0 unspecified atom stereocenters. The van der Waals surface area contributed by atoms with Gasteiger partial charge in [0.05, 0.1) is 30.5 Å². The maximum Gasteiger partial charge on any atom is 0.311 e. The Morgan fingerprint density at radius 2 is 2.50 bits per heavy atom. The molecule has 0 saturated carbocycles. The number of ether oxygens (including phenoxy) is 1.